The van der Waals surface area contributed by atoms with Crippen molar-refractivity contribution in [2.45, 2.75) is 51.4 Å². The van der Waals surface area contributed by atoms with E-state index in [-0.39, 0.29) is 17.8 Å². The Morgan fingerprint density at radius 3 is 2.48 bits per heavy atom. The van der Waals surface area contributed by atoms with Crippen molar-refractivity contribution in [2.75, 3.05) is 9.62 Å². The molecule has 6 nitrogen and oxygen atoms in total. The molecule has 2 aliphatic rings. The Balaban J connectivity index is 1.93. The quantitative estimate of drug-likeness (QED) is 0.638. The van der Waals surface area contributed by atoms with Crippen molar-refractivity contribution in [3.63, 3.8) is 0 Å². The van der Waals surface area contributed by atoms with E-state index in [9.17, 15) is 0 Å². The fourth-order valence-corrected chi connectivity index (χ4v) is 4.47. The third kappa shape index (κ3) is 1.98. The molecule has 0 bridgehead atoms. The minimum Gasteiger partial charge on any atom is -0.329 e. The highest BCUT2D eigenvalue weighted by molar-refractivity contribution is 6.72. The maximum atomic E-state index is 4.74. The molecule has 4 rings (SSSR count). The molecule has 0 aliphatic carbocycles. The van der Waals surface area contributed by atoms with Crippen LogP contribution in [0.4, 0.5) is 11.6 Å². The summed E-state index contributed by atoms with van der Waals surface area (Å²) in [4.78, 5) is 4.57. The van der Waals surface area contributed by atoms with Crippen LogP contribution < -0.4 is 14.3 Å². The molecule has 25 heavy (non-hydrogen) atoms. The first-order chi connectivity index (χ1) is 12.1. The largest absolute Gasteiger partial charge is 0.517 e. The highest BCUT2D eigenvalue weighted by Crippen LogP contribution is 2.54. The number of nitrogens with zero attached hydrogens (tertiary/aromatic N) is 6. The molecule has 0 fully saturated rings. The van der Waals surface area contributed by atoms with E-state index >= 15 is 0 Å². The molecule has 0 aromatic carbocycles. The van der Waals surface area contributed by atoms with Crippen LogP contribution in [0.15, 0.2) is 49.1 Å². The zero-order valence-corrected chi connectivity index (χ0v) is 15.3. The molecule has 0 radical (unpaired) electrons. The molecule has 2 atom stereocenters. The lowest BCUT2D eigenvalue weighted by Gasteiger charge is -2.49. The van der Waals surface area contributed by atoms with Gasteiger partial charge in [-0.25, -0.2) is 0 Å². The lowest BCUT2D eigenvalue weighted by Crippen LogP contribution is -2.75. The summed E-state index contributed by atoms with van der Waals surface area (Å²) in [7, 11) is 0. The lowest BCUT2D eigenvalue weighted by atomic mass is 9.39. The van der Waals surface area contributed by atoms with Crippen LogP contribution in [0.25, 0.3) is 0 Å². The van der Waals surface area contributed by atoms with Gasteiger partial charge in [-0.2, -0.15) is 5.10 Å². The number of anilines is 2. The molecule has 2 aromatic heterocycles. The number of rotatable bonds is 3. The topological polar surface area (TPSA) is 49.0 Å². The molecule has 0 saturated heterocycles. The SMILES string of the molecule is CCC1(C)B2N(c3cccnn3)C=CN2c2cccn[n+]2C1(C)CC. The molecule has 7 heteroatoms. The van der Waals surface area contributed by atoms with Crippen LogP contribution >= 0.6 is 0 Å². The Hall–Kier alpha value is -2.44. The minimum atomic E-state index is -0.105. The van der Waals surface area contributed by atoms with Crippen molar-refractivity contribution < 1.29 is 4.68 Å². The van der Waals surface area contributed by atoms with Crippen molar-refractivity contribution in [3.05, 3.63) is 49.1 Å². The first-order valence-corrected chi connectivity index (χ1v) is 8.97. The van der Waals surface area contributed by atoms with E-state index in [0.29, 0.717) is 0 Å². The molecule has 4 heterocycles. The third-order valence-corrected chi connectivity index (χ3v) is 6.42. The summed E-state index contributed by atoms with van der Waals surface area (Å²) >= 11 is 0. The standard InChI is InChI=1S/C18H24BN6/c1-5-17(3)18(4,6-2)25-16(10-8-12-21-25)24-14-13-23(19(17)24)15-9-7-11-20-22-15/h7-14H,5-6H2,1-4H3/q+1. The predicted molar refractivity (Wildman–Crippen MR) is 98.9 cm³/mol. The van der Waals surface area contributed by atoms with Crippen molar-refractivity contribution in [1.82, 2.24) is 15.3 Å². The zero-order valence-electron chi connectivity index (χ0n) is 15.3. The summed E-state index contributed by atoms with van der Waals surface area (Å²) in [5.41, 5.74) is -0.105. The van der Waals surface area contributed by atoms with Gasteiger partial charge in [0, 0.05) is 18.5 Å². The van der Waals surface area contributed by atoms with E-state index < -0.39 is 0 Å². The molecular formula is C18H24BN6+. The maximum Gasteiger partial charge on any atom is 0.517 e. The van der Waals surface area contributed by atoms with Gasteiger partial charge in [-0.3, -0.25) is 4.81 Å². The number of hydrogen-bond donors (Lipinski definition) is 0. The van der Waals surface area contributed by atoms with Gasteiger partial charge in [-0.05, 0) is 38.0 Å². The highest BCUT2D eigenvalue weighted by Gasteiger charge is 2.69. The summed E-state index contributed by atoms with van der Waals surface area (Å²) in [5.74, 6) is 1.99. The monoisotopic (exact) mass is 335 g/mol. The molecule has 2 aliphatic heterocycles. The van der Waals surface area contributed by atoms with E-state index in [1.807, 2.05) is 24.4 Å². The summed E-state index contributed by atoms with van der Waals surface area (Å²) in [5, 5.41) is 13.1. The van der Waals surface area contributed by atoms with Gasteiger partial charge in [0.25, 0.3) is 5.82 Å². The van der Waals surface area contributed by atoms with Gasteiger partial charge in [-0.1, -0.05) is 25.9 Å². The molecule has 128 valence electrons. The molecule has 0 N–H and O–H groups in total. The van der Waals surface area contributed by atoms with Crippen LogP contribution in [-0.2, 0) is 5.54 Å². The second-order valence-corrected chi connectivity index (χ2v) is 7.26. The Morgan fingerprint density at radius 1 is 1.04 bits per heavy atom. The summed E-state index contributed by atoms with van der Waals surface area (Å²) in [6.45, 7) is 9.37. The number of aromatic nitrogens is 4. The molecular weight excluding hydrogens is 311 g/mol. The molecule has 0 saturated carbocycles. The van der Waals surface area contributed by atoms with Crippen LogP contribution in [0.1, 0.15) is 40.5 Å². The van der Waals surface area contributed by atoms with Crippen molar-refractivity contribution in [2.24, 2.45) is 0 Å². The summed E-state index contributed by atoms with van der Waals surface area (Å²) in [6, 6.07) is 8.11. The number of hydrogen-bond acceptors (Lipinski definition) is 5. The van der Waals surface area contributed by atoms with Crippen LogP contribution in [0, 0.1) is 0 Å². The first-order valence-electron chi connectivity index (χ1n) is 8.97. The second kappa shape index (κ2) is 5.54. The van der Waals surface area contributed by atoms with E-state index in [4.69, 9.17) is 5.10 Å². The molecule has 2 unspecified atom stereocenters. The average molecular weight is 335 g/mol. The third-order valence-electron chi connectivity index (χ3n) is 6.42. The second-order valence-electron chi connectivity index (χ2n) is 7.26. The lowest BCUT2D eigenvalue weighted by molar-refractivity contribution is -0.809. The van der Waals surface area contributed by atoms with Gasteiger partial charge in [0.1, 0.15) is 11.4 Å². The van der Waals surface area contributed by atoms with Crippen LogP contribution in [0.3, 0.4) is 0 Å². The van der Waals surface area contributed by atoms with E-state index in [1.165, 1.54) is 0 Å². The molecule has 0 spiro atoms. The number of fused-ring (bicyclic) bond motifs is 3. The minimum absolute atomic E-state index is 0.0329. The normalized spacial score (nSPS) is 27.4. The predicted octanol–water partition coefficient (Wildman–Crippen LogP) is 2.75. The van der Waals surface area contributed by atoms with Gasteiger partial charge >= 0.3 is 6.98 Å². The average Bonchev–Trinajstić information content (AvgIpc) is 3.12. The summed E-state index contributed by atoms with van der Waals surface area (Å²) < 4.78 is 2.21. The smallest absolute Gasteiger partial charge is 0.329 e. The Labute approximate surface area is 149 Å². The summed E-state index contributed by atoms with van der Waals surface area (Å²) in [6.07, 6.45) is 9.88. The Bertz CT molecular complexity index is 812. The van der Waals surface area contributed by atoms with Crippen molar-refractivity contribution in [1.29, 1.82) is 0 Å². The Kier molecular flexibility index (Phi) is 3.56. The zero-order chi connectivity index (χ0) is 17.7. The van der Waals surface area contributed by atoms with Gasteiger partial charge in [-0.15, -0.1) is 9.78 Å². The van der Waals surface area contributed by atoms with Gasteiger partial charge < -0.3 is 4.81 Å². The van der Waals surface area contributed by atoms with E-state index in [1.54, 1.807) is 6.20 Å². The highest BCUT2D eigenvalue weighted by atomic mass is 15.4. The van der Waals surface area contributed by atoms with Crippen molar-refractivity contribution >= 4 is 18.6 Å². The van der Waals surface area contributed by atoms with Crippen LogP contribution in [-0.4, -0.2) is 22.3 Å². The van der Waals surface area contributed by atoms with Crippen LogP contribution in [0.5, 0.6) is 0 Å². The maximum absolute atomic E-state index is 4.74. The van der Waals surface area contributed by atoms with Gasteiger partial charge in [0.2, 0.25) is 0 Å². The van der Waals surface area contributed by atoms with Crippen molar-refractivity contribution in [3.8, 4) is 0 Å². The van der Waals surface area contributed by atoms with E-state index in [2.05, 4.69) is 70.7 Å². The first kappa shape index (κ1) is 16.1. The molecule has 2 aromatic rings. The fraction of sp³-hybridized carbons (Fsp3) is 0.444. The Morgan fingerprint density at radius 2 is 1.80 bits per heavy atom. The van der Waals surface area contributed by atoms with Gasteiger partial charge in [0.15, 0.2) is 0 Å². The van der Waals surface area contributed by atoms with Crippen LogP contribution in [0.2, 0.25) is 5.31 Å². The van der Waals surface area contributed by atoms with E-state index in [0.717, 1.165) is 24.5 Å². The fourth-order valence-electron chi connectivity index (χ4n) is 4.47. The van der Waals surface area contributed by atoms with Gasteiger partial charge in [0.05, 0.1) is 17.7 Å². The molecule has 0 amide bonds.